The Bertz CT molecular complexity index is 483. The Balaban J connectivity index is 2.92. The van der Waals surface area contributed by atoms with E-state index in [1.165, 1.54) is 12.4 Å². The van der Waals surface area contributed by atoms with Crippen LogP contribution < -0.4 is 5.56 Å². The third-order valence-corrected chi connectivity index (χ3v) is 1.58. The summed E-state index contributed by atoms with van der Waals surface area (Å²) in [7, 11) is 0. The summed E-state index contributed by atoms with van der Waals surface area (Å²) >= 11 is 0. The van der Waals surface area contributed by atoms with Gasteiger partial charge in [-0.1, -0.05) is 0 Å². The van der Waals surface area contributed by atoms with E-state index in [1.54, 1.807) is 0 Å². The molecule has 0 aliphatic carbocycles. The van der Waals surface area contributed by atoms with Crippen LogP contribution in [0.3, 0.4) is 0 Å². The van der Waals surface area contributed by atoms with E-state index in [-0.39, 0.29) is 5.56 Å². The molecule has 0 atom stereocenters. The first-order valence-corrected chi connectivity index (χ1v) is 3.33. The molecular formula is C7H5N3O2. The van der Waals surface area contributed by atoms with E-state index in [0.29, 0.717) is 23.0 Å². The van der Waals surface area contributed by atoms with Gasteiger partial charge >= 0.3 is 0 Å². The van der Waals surface area contributed by atoms with Crippen molar-refractivity contribution in [3.63, 3.8) is 0 Å². The smallest absolute Gasteiger partial charge is 0.260 e. The fraction of sp³-hybridized carbons (Fsp3) is 0. The SMILES string of the molecule is O=Cc1cc2c(=O)[nH]cnc2[nH]1. The van der Waals surface area contributed by atoms with Crippen LogP contribution in [0.15, 0.2) is 17.2 Å². The molecule has 2 rings (SSSR count). The number of carbonyl (C=O) groups is 1. The molecule has 0 aliphatic rings. The molecule has 2 N–H and O–H groups in total. The Morgan fingerprint density at radius 1 is 1.50 bits per heavy atom. The number of nitrogens with zero attached hydrogens (tertiary/aromatic N) is 1. The second kappa shape index (κ2) is 2.30. The first kappa shape index (κ1) is 6.78. The van der Waals surface area contributed by atoms with E-state index in [9.17, 15) is 9.59 Å². The minimum absolute atomic E-state index is 0.246. The van der Waals surface area contributed by atoms with Gasteiger partial charge in [0.25, 0.3) is 5.56 Å². The molecular weight excluding hydrogens is 158 g/mol. The lowest BCUT2D eigenvalue weighted by Gasteiger charge is -1.83. The highest BCUT2D eigenvalue weighted by Crippen LogP contribution is 2.04. The molecule has 0 saturated heterocycles. The number of aldehydes is 1. The van der Waals surface area contributed by atoms with Gasteiger partial charge in [-0.05, 0) is 6.07 Å². The third kappa shape index (κ3) is 0.833. The van der Waals surface area contributed by atoms with Gasteiger partial charge in [-0.2, -0.15) is 0 Å². The molecule has 2 aromatic rings. The average molecular weight is 163 g/mol. The Kier molecular flexibility index (Phi) is 1.30. The number of aromatic nitrogens is 3. The van der Waals surface area contributed by atoms with Crippen LogP contribution in [0.5, 0.6) is 0 Å². The molecule has 0 aromatic carbocycles. The summed E-state index contributed by atoms with van der Waals surface area (Å²) < 4.78 is 0. The summed E-state index contributed by atoms with van der Waals surface area (Å²) in [5, 5.41) is 0.402. The largest absolute Gasteiger partial charge is 0.337 e. The molecule has 12 heavy (non-hydrogen) atoms. The summed E-state index contributed by atoms with van der Waals surface area (Å²) in [6.45, 7) is 0. The summed E-state index contributed by atoms with van der Waals surface area (Å²) in [5.74, 6) is 0. The fourth-order valence-corrected chi connectivity index (χ4v) is 1.04. The van der Waals surface area contributed by atoms with Crippen molar-refractivity contribution in [3.05, 3.63) is 28.4 Å². The van der Waals surface area contributed by atoms with Gasteiger partial charge in [0, 0.05) is 0 Å². The van der Waals surface area contributed by atoms with Gasteiger partial charge in [0.15, 0.2) is 6.29 Å². The standard InChI is InChI=1S/C7H5N3O2/c11-2-4-1-5-6(10-4)8-3-9-7(5)12/h1-3H,(H2,8,9,10,12). The highest BCUT2D eigenvalue weighted by Gasteiger charge is 2.02. The number of fused-ring (bicyclic) bond motifs is 1. The zero-order valence-corrected chi connectivity index (χ0v) is 6.00. The summed E-state index contributed by atoms with van der Waals surface area (Å²) in [5.41, 5.74) is 0.541. The molecule has 0 unspecified atom stereocenters. The van der Waals surface area contributed by atoms with Crippen molar-refractivity contribution >= 4 is 17.3 Å². The van der Waals surface area contributed by atoms with Crippen molar-refractivity contribution < 1.29 is 4.79 Å². The zero-order valence-electron chi connectivity index (χ0n) is 6.00. The number of hydrogen-bond acceptors (Lipinski definition) is 3. The normalized spacial score (nSPS) is 10.3. The highest BCUT2D eigenvalue weighted by atomic mass is 16.1. The lowest BCUT2D eigenvalue weighted by molar-refractivity contribution is 0.112. The maximum Gasteiger partial charge on any atom is 0.260 e. The number of carbonyl (C=O) groups excluding carboxylic acids is 1. The monoisotopic (exact) mass is 163 g/mol. The van der Waals surface area contributed by atoms with Gasteiger partial charge in [-0.15, -0.1) is 0 Å². The lowest BCUT2D eigenvalue weighted by atomic mass is 10.4. The minimum Gasteiger partial charge on any atom is -0.337 e. The Morgan fingerprint density at radius 3 is 3.00 bits per heavy atom. The molecule has 0 radical (unpaired) electrons. The summed E-state index contributed by atoms with van der Waals surface area (Å²) in [6, 6.07) is 1.47. The topological polar surface area (TPSA) is 78.6 Å². The molecule has 2 aromatic heterocycles. The van der Waals surface area contributed by atoms with Crippen LogP contribution in [-0.2, 0) is 0 Å². The van der Waals surface area contributed by atoms with Crippen LogP contribution in [-0.4, -0.2) is 21.2 Å². The van der Waals surface area contributed by atoms with E-state index in [0.717, 1.165) is 0 Å². The fourth-order valence-electron chi connectivity index (χ4n) is 1.04. The van der Waals surface area contributed by atoms with E-state index in [2.05, 4.69) is 15.0 Å². The van der Waals surface area contributed by atoms with Crippen LogP contribution in [0.2, 0.25) is 0 Å². The van der Waals surface area contributed by atoms with Gasteiger partial charge in [0.2, 0.25) is 0 Å². The number of rotatable bonds is 1. The van der Waals surface area contributed by atoms with Gasteiger partial charge in [-0.25, -0.2) is 4.98 Å². The van der Waals surface area contributed by atoms with Gasteiger partial charge in [0.1, 0.15) is 5.65 Å². The Hall–Kier alpha value is -1.91. The Labute approximate surface area is 66.4 Å². The van der Waals surface area contributed by atoms with Crippen LogP contribution in [0, 0.1) is 0 Å². The lowest BCUT2D eigenvalue weighted by Crippen LogP contribution is -2.04. The van der Waals surface area contributed by atoms with Crippen molar-refractivity contribution in [2.75, 3.05) is 0 Å². The van der Waals surface area contributed by atoms with E-state index in [1.807, 2.05) is 0 Å². The zero-order chi connectivity index (χ0) is 8.55. The molecule has 0 bridgehead atoms. The molecule has 60 valence electrons. The molecule has 0 aliphatic heterocycles. The Morgan fingerprint density at radius 2 is 2.33 bits per heavy atom. The van der Waals surface area contributed by atoms with Crippen LogP contribution in [0.4, 0.5) is 0 Å². The van der Waals surface area contributed by atoms with Gasteiger partial charge in [0.05, 0.1) is 17.4 Å². The average Bonchev–Trinajstić information content (AvgIpc) is 2.49. The second-order valence-electron chi connectivity index (χ2n) is 2.34. The van der Waals surface area contributed by atoms with Gasteiger partial charge < -0.3 is 9.97 Å². The van der Waals surface area contributed by atoms with Crippen LogP contribution in [0.1, 0.15) is 10.5 Å². The number of H-pyrrole nitrogens is 2. The van der Waals surface area contributed by atoms with Crippen LogP contribution >= 0.6 is 0 Å². The first-order valence-electron chi connectivity index (χ1n) is 3.33. The van der Waals surface area contributed by atoms with E-state index in [4.69, 9.17) is 0 Å². The maximum atomic E-state index is 11.1. The predicted octanol–water partition coefficient (Wildman–Crippen LogP) is 0.0637. The van der Waals surface area contributed by atoms with Crippen molar-refractivity contribution in [1.29, 1.82) is 0 Å². The molecule has 0 saturated carbocycles. The summed E-state index contributed by atoms with van der Waals surface area (Å²) in [6.07, 6.45) is 1.93. The van der Waals surface area contributed by atoms with E-state index >= 15 is 0 Å². The molecule has 2 heterocycles. The van der Waals surface area contributed by atoms with Crippen molar-refractivity contribution in [3.8, 4) is 0 Å². The molecule has 0 fully saturated rings. The summed E-state index contributed by atoms with van der Waals surface area (Å²) in [4.78, 5) is 30.3. The minimum atomic E-state index is -0.246. The van der Waals surface area contributed by atoms with Gasteiger partial charge in [-0.3, -0.25) is 9.59 Å². The van der Waals surface area contributed by atoms with E-state index < -0.39 is 0 Å². The van der Waals surface area contributed by atoms with Crippen LogP contribution in [0.25, 0.3) is 11.0 Å². The third-order valence-electron chi connectivity index (χ3n) is 1.58. The number of hydrogen-bond donors (Lipinski definition) is 2. The van der Waals surface area contributed by atoms with Crippen molar-refractivity contribution in [1.82, 2.24) is 15.0 Å². The number of nitrogens with one attached hydrogen (secondary N) is 2. The first-order chi connectivity index (χ1) is 5.81. The van der Waals surface area contributed by atoms with Crippen molar-refractivity contribution in [2.24, 2.45) is 0 Å². The van der Waals surface area contributed by atoms with Crippen molar-refractivity contribution in [2.45, 2.75) is 0 Å². The number of aromatic amines is 2. The highest BCUT2D eigenvalue weighted by molar-refractivity contribution is 5.84. The molecule has 0 amide bonds. The quantitative estimate of drug-likeness (QED) is 0.583. The molecule has 5 heteroatoms. The predicted molar refractivity (Wildman–Crippen MR) is 42.1 cm³/mol. The maximum absolute atomic E-state index is 11.1. The molecule has 0 spiro atoms. The second-order valence-corrected chi connectivity index (χ2v) is 2.34. The molecule has 5 nitrogen and oxygen atoms in total.